The first-order valence-corrected chi connectivity index (χ1v) is 6.42. The minimum Gasteiger partial charge on any atom is -0.342 e. The molecular weight excluding hydrogens is 230 g/mol. The molecule has 0 spiro atoms. The monoisotopic (exact) mass is 251 g/mol. The van der Waals surface area contributed by atoms with Gasteiger partial charge in [-0.1, -0.05) is 0 Å². The van der Waals surface area contributed by atoms with Crippen LogP contribution in [0.3, 0.4) is 0 Å². The van der Waals surface area contributed by atoms with Gasteiger partial charge in [-0.2, -0.15) is 0 Å². The summed E-state index contributed by atoms with van der Waals surface area (Å²) in [5.41, 5.74) is 0. The number of Topliss-reactive ketones (excluding diaryl/α,β-unsaturated/α-hetero) is 1. The Balaban J connectivity index is 2.36. The molecule has 4 heteroatoms. The summed E-state index contributed by atoms with van der Waals surface area (Å²) >= 11 is 0. The van der Waals surface area contributed by atoms with Gasteiger partial charge in [0.2, 0.25) is 5.91 Å². The number of hydrogen-bond donors (Lipinski definition) is 0. The van der Waals surface area contributed by atoms with Crippen LogP contribution in [0.4, 0.5) is 0 Å². The standard InChI is InChI=1S/C14H21NO3/c1-11(17)13-7-5-12(6-8-13)10-15(2)14(18)4-3-9-16/h3-4,9,12-13H,5-8,10H2,1-2H3/b4-3-. The Morgan fingerprint density at radius 3 is 2.33 bits per heavy atom. The maximum absolute atomic E-state index is 11.6. The molecule has 1 aliphatic carbocycles. The first-order valence-electron chi connectivity index (χ1n) is 6.42. The van der Waals surface area contributed by atoms with Crippen LogP contribution < -0.4 is 0 Å². The lowest BCUT2D eigenvalue weighted by Crippen LogP contribution is -2.33. The van der Waals surface area contributed by atoms with E-state index in [1.54, 1.807) is 18.9 Å². The van der Waals surface area contributed by atoms with Crippen molar-refractivity contribution in [3.63, 3.8) is 0 Å². The van der Waals surface area contributed by atoms with E-state index in [2.05, 4.69) is 0 Å². The van der Waals surface area contributed by atoms with Gasteiger partial charge in [-0.3, -0.25) is 14.4 Å². The van der Waals surface area contributed by atoms with Gasteiger partial charge in [0.1, 0.15) is 12.1 Å². The van der Waals surface area contributed by atoms with E-state index < -0.39 is 0 Å². The Labute approximate surface area is 108 Å². The highest BCUT2D eigenvalue weighted by Crippen LogP contribution is 2.29. The summed E-state index contributed by atoms with van der Waals surface area (Å²) < 4.78 is 0. The number of rotatable bonds is 5. The first-order chi connectivity index (χ1) is 8.54. The molecule has 1 fully saturated rings. The number of carbonyl (C=O) groups is 3. The number of aldehydes is 1. The lowest BCUT2D eigenvalue weighted by atomic mass is 9.80. The maximum atomic E-state index is 11.6. The highest BCUT2D eigenvalue weighted by molar-refractivity contribution is 5.90. The summed E-state index contributed by atoms with van der Waals surface area (Å²) in [6.07, 6.45) is 6.97. The van der Waals surface area contributed by atoms with Crippen molar-refractivity contribution < 1.29 is 14.4 Å². The summed E-state index contributed by atoms with van der Waals surface area (Å²) in [5, 5.41) is 0. The average molecular weight is 251 g/mol. The second kappa shape index (κ2) is 7.09. The number of amides is 1. The van der Waals surface area contributed by atoms with Crippen molar-refractivity contribution in [1.82, 2.24) is 4.90 Å². The van der Waals surface area contributed by atoms with Crippen molar-refractivity contribution in [3.05, 3.63) is 12.2 Å². The van der Waals surface area contributed by atoms with E-state index in [0.717, 1.165) is 25.7 Å². The smallest absolute Gasteiger partial charge is 0.246 e. The van der Waals surface area contributed by atoms with Gasteiger partial charge in [0, 0.05) is 25.6 Å². The molecular formula is C14H21NO3. The molecule has 0 aliphatic heterocycles. The molecule has 0 aromatic heterocycles. The van der Waals surface area contributed by atoms with Gasteiger partial charge >= 0.3 is 0 Å². The third-order valence-corrected chi connectivity index (χ3v) is 3.65. The molecule has 0 saturated heterocycles. The lowest BCUT2D eigenvalue weighted by molar-refractivity contribution is -0.126. The van der Waals surface area contributed by atoms with Gasteiger partial charge in [0.15, 0.2) is 0 Å². The number of carbonyl (C=O) groups excluding carboxylic acids is 3. The van der Waals surface area contributed by atoms with Crippen LogP contribution in [0.15, 0.2) is 12.2 Å². The average Bonchev–Trinajstić information content (AvgIpc) is 2.36. The van der Waals surface area contributed by atoms with E-state index in [4.69, 9.17) is 0 Å². The fourth-order valence-corrected chi connectivity index (χ4v) is 2.48. The summed E-state index contributed by atoms with van der Waals surface area (Å²) in [6.45, 7) is 2.36. The molecule has 0 radical (unpaired) electrons. The molecule has 18 heavy (non-hydrogen) atoms. The van der Waals surface area contributed by atoms with Crippen LogP contribution >= 0.6 is 0 Å². The predicted molar refractivity (Wildman–Crippen MR) is 69.0 cm³/mol. The maximum Gasteiger partial charge on any atom is 0.246 e. The topological polar surface area (TPSA) is 54.5 Å². The third kappa shape index (κ3) is 4.43. The highest BCUT2D eigenvalue weighted by Gasteiger charge is 2.25. The highest BCUT2D eigenvalue weighted by atomic mass is 16.2. The molecule has 1 aliphatic rings. The van der Waals surface area contributed by atoms with Crippen LogP contribution in [0.25, 0.3) is 0 Å². The summed E-state index contributed by atoms with van der Waals surface area (Å²) in [5.74, 6) is 0.832. The Kier molecular flexibility index (Phi) is 5.75. The number of ketones is 1. The zero-order chi connectivity index (χ0) is 13.5. The van der Waals surface area contributed by atoms with Crippen LogP contribution in [0, 0.1) is 11.8 Å². The normalized spacial score (nSPS) is 23.9. The number of nitrogens with zero attached hydrogens (tertiary/aromatic N) is 1. The van der Waals surface area contributed by atoms with Crippen molar-refractivity contribution in [2.24, 2.45) is 11.8 Å². The Hall–Kier alpha value is -1.45. The Bertz CT molecular complexity index is 341. The van der Waals surface area contributed by atoms with E-state index in [0.29, 0.717) is 18.7 Å². The van der Waals surface area contributed by atoms with Crippen molar-refractivity contribution in [3.8, 4) is 0 Å². The summed E-state index contributed by atoms with van der Waals surface area (Å²) in [4.78, 5) is 34.6. The zero-order valence-corrected chi connectivity index (χ0v) is 11.1. The molecule has 100 valence electrons. The molecule has 0 heterocycles. The van der Waals surface area contributed by atoms with Gasteiger partial charge in [0.25, 0.3) is 0 Å². The van der Waals surface area contributed by atoms with Crippen molar-refractivity contribution in [2.45, 2.75) is 32.6 Å². The SMILES string of the molecule is CC(=O)C1CCC(CN(C)C(=O)/C=C\C=O)CC1. The van der Waals surface area contributed by atoms with Crippen LogP contribution in [-0.2, 0) is 14.4 Å². The van der Waals surface area contributed by atoms with Crippen LogP contribution in [0.2, 0.25) is 0 Å². The quantitative estimate of drug-likeness (QED) is 0.551. The van der Waals surface area contributed by atoms with E-state index in [9.17, 15) is 14.4 Å². The molecule has 0 aromatic rings. The predicted octanol–water partition coefficient (Wildman–Crippen LogP) is 1.60. The van der Waals surface area contributed by atoms with Crippen molar-refractivity contribution in [2.75, 3.05) is 13.6 Å². The molecule has 0 N–H and O–H groups in total. The van der Waals surface area contributed by atoms with Crippen LogP contribution in [-0.4, -0.2) is 36.5 Å². The van der Waals surface area contributed by atoms with E-state index >= 15 is 0 Å². The van der Waals surface area contributed by atoms with E-state index in [1.807, 2.05) is 0 Å². The van der Waals surface area contributed by atoms with Gasteiger partial charge in [-0.15, -0.1) is 0 Å². The zero-order valence-electron chi connectivity index (χ0n) is 11.1. The van der Waals surface area contributed by atoms with Gasteiger partial charge < -0.3 is 4.90 Å². The van der Waals surface area contributed by atoms with Crippen LogP contribution in [0.5, 0.6) is 0 Å². The minimum absolute atomic E-state index is 0.143. The van der Waals surface area contributed by atoms with E-state index in [1.165, 1.54) is 12.2 Å². The molecule has 4 nitrogen and oxygen atoms in total. The molecule has 1 saturated carbocycles. The third-order valence-electron chi connectivity index (χ3n) is 3.65. The molecule has 1 amide bonds. The molecule has 0 unspecified atom stereocenters. The Morgan fingerprint density at radius 1 is 1.22 bits per heavy atom. The van der Waals surface area contributed by atoms with Crippen molar-refractivity contribution >= 4 is 18.0 Å². The number of hydrogen-bond acceptors (Lipinski definition) is 3. The lowest BCUT2D eigenvalue weighted by Gasteiger charge is -2.29. The van der Waals surface area contributed by atoms with Crippen molar-refractivity contribution in [1.29, 1.82) is 0 Å². The second-order valence-electron chi connectivity index (χ2n) is 5.04. The first kappa shape index (κ1) is 14.6. The van der Waals surface area contributed by atoms with Gasteiger partial charge in [0.05, 0.1) is 0 Å². The van der Waals surface area contributed by atoms with E-state index in [-0.39, 0.29) is 17.6 Å². The fraction of sp³-hybridized carbons (Fsp3) is 0.643. The minimum atomic E-state index is -0.143. The largest absolute Gasteiger partial charge is 0.342 e. The number of allylic oxidation sites excluding steroid dienone is 1. The summed E-state index contributed by atoms with van der Waals surface area (Å²) in [7, 11) is 1.74. The molecule has 0 atom stereocenters. The van der Waals surface area contributed by atoms with Gasteiger partial charge in [-0.05, 0) is 44.6 Å². The second-order valence-corrected chi connectivity index (χ2v) is 5.04. The van der Waals surface area contributed by atoms with Gasteiger partial charge in [-0.25, -0.2) is 0 Å². The summed E-state index contributed by atoms with van der Waals surface area (Å²) in [6, 6.07) is 0. The van der Waals surface area contributed by atoms with Crippen LogP contribution in [0.1, 0.15) is 32.6 Å². The molecule has 1 rings (SSSR count). The fourth-order valence-electron chi connectivity index (χ4n) is 2.48. The molecule has 0 bridgehead atoms. The molecule has 0 aromatic carbocycles. The number of likely N-dealkylation sites (N-methyl/N-ethyl adjacent to an activating group) is 1. The Morgan fingerprint density at radius 2 is 1.83 bits per heavy atom.